The third-order valence-electron chi connectivity index (χ3n) is 2.29. The summed E-state index contributed by atoms with van der Waals surface area (Å²) in [6, 6.07) is 7.25. The SMILES string of the molecule is CCNc1cc(Nc2cc(Cl)ccc2Br)nc(N)n1. The zero-order chi connectivity index (χ0) is 13.8. The smallest absolute Gasteiger partial charge is 0.223 e. The van der Waals surface area contributed by atoms with Gasteiger partial charge in [-0.2, -0.15) is 9.97 Å². The van der Waals surface area contributed by atoms with Gasteiger partial charge in [0.25, 0.3) is 0 Å². The van der Waals surface area contributed by atoms with Crippen LogP contribution in [0.4, 0.5) is 23.3 Å². The molecule has 0 aliphatic carbocycles. The topological polar surface area (TPSA) is 75.9 Å². The van der Waals surface area contributed by atoms with Crippen LogP contribution in [-0.4, -0.2) is 16.5 Å². The van der Waals surface area contributed by atoms with E-state index in [1.54, 1.807) is 18.2 Å². The molecule has 19 heavy (non-hydrogen) atoms. The highest BCUT2D eigenvalue weighted by molar-refractivity contribution is 9.10. The van der Waals surface area contributed by atoms with Crippen LogP contribution >= 0.6 is 27.5 Å². The van der Waals surface area contributed by atoms with E-state index in [1.165, 1.54) is 0 Å². The summed E-state index contributed by atoms with van der Waals surface area (Å²) in [5.41, 5.74) is 6.48. The summed E-state index contributed by atoms with van der Waals surface area (Å²) in [5, 5.41) is 6.88. The van der Waals surface area contributed by atoms with E-state index < -0.39 is 0 Å². The van der Waals surface area contributed by atoms with Crippen molar-refractivity contribution in [3.63, 3.8) is 0 Å². The van der Waals surface area contributed by atoms with Crippen molar-refractivity contribution in [1.82, 2.24) is 9.97 Å². The summed E-state index contributed by atoms with van der Waals surface area (Å²) < 4.78 is 0.888. The van der Waals surface area contributed by atoms with Gasteiger partial charge >= 0.3 is 0 Å². The van der Waals surface area contributed by atoms with E-state index in [1.807, 2.05) is 13.0 Å². The molecule has 0 fully saturated rings. The van der Waals surface area contributed by atoms with E-state index in [9.17, 15) is 0 Å². The molecule has 0 aliphatic rings. The first-order valence-corrected chi connectivity index (χ1v) is 6.86. The lowest BCUT2D eigenvalue weighted by Crippen LogP contribution is -2.05. The number of hydrogen-bond acceptors (Lipinski definition) is 5. The number of benzene rings is 1. The van der Waals surface area contributed by atoms with Crippen LogP contribution in [0.3, 0.4) is 0 Å². The normalized spacial score (nSPS) is 10.3. The molecule has 0 saturated heterocycles. The van der Waals surface area contributed by atoms with E-state index in [-0.39, 0.29) is 5.95 Å². The molecule has 1 aromatic carbocycles. The molecule has 0 saturated carbocycles. The largest absolute Gasteiger partial charge is 0.370 e. The Kier molecular flexibility index (Phi) is 4.44. The molecule has 4 N–H and O–H groups in total. The zero-order valence-electron chi connectivity index (χ0n) is 10.2. The van der Waals surface area contributed by atoms with Crippen molar-refractivity contribution in [2.24, 2.45) is 0 Å². The van der Waals surface area contributed by atoms with E-state index >= 15 is 0 Å². The number of hydrogen-bond donors (Lipinski definition) is 3. The molecule has 0 atom stereocenters. The second-order valence-corrected chi connectivity index (χ2v) is 5.07. The first-order valence-electron chi connectivity index (χ1n) is 5.69. The minimum atomic E-state index is 0.208. The second-order valence-electron chi connectivity index (χ2n) is 3.78. The number of rotatable bonds is 4. The van der Waals surface area contributed by atoms with Gasteiger partial charge in [0.15, 0.2) is 0 Å². The van der Waals surface area contributed by atoms with Gasteiger partial charge in [0.1, 0.15) is 11.6 Å². The Hall–Kier alpha value is -1.53. The number of nitrogens with one attached hydrogen (secondary N) is 2. The first kappa shape index (κ1) is 13.9. The Morgan fingerprint density at radius 1 is 1.26 bits per heavy atom. The highest BCUT2D eigenvalue weighted by Gasteiger charge is 2.05. The third kappa shape index (κ3) is 3.71. The van der Waals surface area contributed by atoms with Gasteiger partial charge in [0.05, 0.1) is 5.69 Å². The minimum Gasteiger partial charge on any atom is -0.370 e. The molecular weight excluding hydrogens is 330 g/mol. The molecule has 7 heteroatoms. The molecule has 2 aromatic rings. The maximum absolute atomic E-state index is 5.96. The van der Waals surface area contributed by atoms with Crippen LogP contribution in [-0.2, 0) is 0 Å². The molecule has 0 spiro atoms. The van der Waals surface area contributed by atoms with Gasteiger partial charge in [-0.25, -0.2) is 0 Å². The standard InChI is InChI=1S/C12H13BrClN5/c1-2-16-10-6-11(19-12(15)18-10)17-9-5-7(14)3-4-8(9)13/h3-6H,2H2,1H3,(H4,15,16,17,18,19). The number of nitrogens with two attached hydrogens (primary N) is 1. The molecule has 0 bridgehead atoms. The first-order chi connectivity index (χ1) is 9.08. The van der Waals surface area contributed by atoms with Crippen molar-refractivity contribution in [2.45, 2.75) is 6.92 Å². The summed E-state index contributed by atoms with van der Waals surface area (Å²) in [6.07, 6.45) is 0. The molecular formula is C12H13BrClN5. The maximum atomic E-state index is 5.96. The maximum Gasteiger partial charge on any atom is 0.223 e. The van der Waals surface area contributed by atoms with Gasteiger partial charge in [-0.15, -0.1) is 0 Å². The highest BCUT2D eigenvalue weighted by atomic mass is 79.9. The van der Waals surface area contributed by atoms with Gasteiger partial charge < -0.3 is 16.4 Å². The number of anilines is 4. The van der Waals surface area contributed by atoms with Gasteiger partial charge in [-0.3, -0.25) is 0 Å². The van der Waals surface area contributed by atoms with Crippen LogP contribution < -0.4 is 16.4 Å². The molecule has 0 amide bonds. The predicted octanol–water partition coefficient (Wildman–Crippen LogP) is 3.65. The van der Waals surface area contributed by atoms with Gasteiger partial charge in [0, 0.05) is 22.1 Å². The number of halogens is 2. The predicted molar refractivity (Wildman–Crippen MR) is 83.0 cm³/mol. The van der Waals surface area contributed by atoms with E-state index in [2.05, 4.69) is 36.5 Å². The van der Waals surface area contributed by atoms with Gasteiger partial charge in [0.2, 0.25) is 5.95 Å². The lowest BCUT2D eigenvalue weighted by Gasteiger charge is -2.10. The fourth-order valence-corrected chi connectivity index (χ4v) is 2.05. The Morgan fingerprint density at radius 2 is 2.00 bits per heavy atom. The van der Waals surface area contributed by atoms with E-state index in [0.29, 0.717) is 16.7 Å². The number of nitrogen functional groups attached to an aromatic ring is 1. The average molecular weight is 343 g/mol. The van der Waals surface area contributed by atoms with E-state index in [4.69, 9.17) is 17.3 Å². The zero-order valence-corrected chi connectivity index (χ0v) is 12.6. The monoisotopic (exact) mass is 341 g/mol. The fraction of sp³-hybridized carbons (Fsp3) is 0.167. The molecule has 1 aromatic heterocycles. The Labute approximate surface area is 124 Å². The third-order valence-corrected chi connectivity index (χ3v) is 3.22. The van der Waals surface area contributed by atoms with Gasteiger partial charge in [-0.05, 0) is 41.1 Å². The van der Waals surface area contributed by atoms with Crippen LogP contribution in [0.2, 0.25) is 5.02 Å². The molecule has 100 valence electrons. The second kappa shape index (κ2) is 6.08. The molecule has 0 aliphatic heterocycles. The molecule has 0 radical (unpaired) electrons. The van der Waals surface area contributed by atoms with Crippen molar-refractivity contribution < 1.29 is 0 Å². The average Bonchev–Trinajstić information content (AvgIpc) is 2.33. The van der Waals surface area contributed by atoms with Crippen LogP contribution in [0, 0.1) is 0 Å². The van der Waals surface area contributed by atoms with Crippen LogP contribution in [0.25, 0.3) is 0 Å². The van der Waals surface area contributed by atoms with Crippen molar-refractivity contribution in [3.05, 3.63) is 33.8 Å². The number of aromatic nitrogens is 2. The van der Waals surface area contributed by atoms with E-state index in [0.717, 1.165) is 16.7 Å². The molecule has 2 rings (SSSR count). The fourth-order valence-electron chi connectivity index (χ4n) is 1.53. The molecule has 1 heterocycles. The Bertz CT molecular complexity index is 590. The lowest BCUT2D eigenvalue weighted by molar-refractivity contribution is 1.12. The summed E-state index contributed by atoms with van der Waals surface area (Å²) in [7, 11) is 0. The Balaban J connectivity index is 2.29. The summed E-state index contributed by atoms with van der Waals surface area (Å²) >= 11 is 9.41. The lowest BCUT2D eigenvalue weighted by atomic mass is 10.3. The van der Waals surface area contributed by atoms with Crippen molar-refractivity contribution in [1.29, 1.82) is 0 Å². The molecule has 0 unspecified atom stereocenters. The molecule has 5 nitrogen and oxygen atoms in total. The Morgan fingerprint density at radius 3 is 2.74 bits per heavy atom. The van der Waals surface area contributed by atoms with Crippen LogP contribution in [0.15, 0.2) is 28.7 Å². The number of nitrogens with zero attached hydrogens (tertiary/aromatic N) is 2. The van der Waals surface area contributed by atoms with Gasteiger partial charge in [-0.1, -0.05) is 11.6 Å². The van der Waals surface area contributed by atoms with Crippen LogP contribution in [0.5, 0.6) is 0 Å². The summed E-state index contributed by atoms with van der Waals surface area (Å²) in [4.78, 5) is 8.22. The van der Waals surface area contributed by atoms with Crippen LogP contribution in [0.1, 0.15) is 6.92 Å². The van der Waals surface area contributed by atoms with Crippen molar-refractivity contribution >= 4 is 50.8 Å². The summed E-state index contributed by atoms with van der Waals surface area (Å²) in [6.45, 7) is 2.75. The highest BCUT2D eigenvalue weighted by Crippen LogP contribution is 2.28. The van der Waals surface area contributed by atoms with Crippen molar-refractivity contribution in [3.8, 4) is 0 Å². The quantitative estimate of drug-likeness (QED) is 0.790. The van der Waals surface area contributed by atoms with Crippen molar-refractivity contribution in [2.75, 3.05) is 22.9 Å². The summed E-state index contributed by atoms with van der Waals surface area (Å²) in [5.74, 6) is 1.49. The minimum absolute atomic E-state index is 0.208.